The van der Waals surface area contributed by atoms with Gasteiger partial charge >= 0.3 is 27.3 Å². The third-order valence-electron chi connectivity index (χ3n) is 0. The Hall–Kier alpha value is 1.13. The molecule has 0 aliphatic carbocycles. The molecule has 0 spiro atoms. The van der Waals surface area contributed by atoms with E-state index in [1.165, 1.54) is 0 Å². The van der Waals surface area contributed by atoms with Crippen molar-refractivity contribution in [3.63, 3.8) is 0 Å². The molecule has 4 N–H and O–H groups in total. The molecule has 0 saturated carbocycles. The average molecular weight is 185 g/mol. The van der Waals surface area contributed by atoms with Crippen LogP contribution in [0.25, 0.3) is 0 Å². The molecule has 4 heavy (non-hydrogen) atoms. The van der Waals surface area contributed by atoms with Gasteiger partial charge in [-0.05, 0) is 0 Å². The molecular formula is H5CdClO2+2. The van der Waals surface area contributed by atoms with Crippen LogP contribution in [-0.2, 0) is 27.3 Å². The van der Waals surface area contributed by atoms with E-state index in [1.807, 2.05) is 0 Å². The summed E-state index contributed by atoms with van der Waals surface area (Å²) in [6, 6.07) is 0. The van der Waals surface area contributed by atoms with Gasteiger partial charge in [0.05, 0.1) is 0 Å². The molecule has 0 aliphatic rings. The van der Waals surface area contributed by atoms with Crippen LogP contribution in [-0.4, -0.2) is 11.0 Å². The Bertz CT molecular complexity index is 6.00. The molecule has 0 atom stereocenters. The maximum absolute atomic E-state index is 0. The minimum absolute atomic E-state index is 0. The van der Waals surface area contributed by atoms with Gasteiger partial charge in [-0.15, -0.1) is 12.4 Å². The normalized spacial score (nSPS) is 0. The van der Waals surface area contributed by atoms with Gasteiger partial charge in [-0.25, -0.2) is 0 Å². The molecule has 0 saturated heterocycles. The number of hydrogen-bond acceptors (Lipinski definition) is 0. The van der Waals surface area contributed by atoms with Gasteiger partial charge in [0.15, 0.2) is 0 Å². The van der Waals surface area contributed by atoms with E-state index in [4.69, 9.17) is 0 Å². The summed E-state index contributed by atoms with van der Waals surface area (Å²) in [5.41, 5.74) is 0. The van der Waals surface area contributed by atoms with Crippen molar-refractivity contribution >= 4 is 12.4 Å². The molecule has 0 aliphatic heterocycles. The van der Waals surface area contributed by atoms with Crippen LogP contribution in [0.1, 0.15) is 0 Å². The first kappa shape index (κ1) is 68.4. The molecule has 4 heteroatoms. The summed E-state index contributed by atoms with van der Waals surface area (Å²) in [4.78, 5) is 0. The molecule has 0 aromatic carbocycles. The molecule has 0 aromatic heterocycles. The molecular weight excluding hydrogens is 180 g/mol. The fourth-order valence-corrected chi connectivity index (χ4v) is 0. The molecule has 0 aromatic rings. The van der Waals surface area contributed by atoms with Crippen molar-refractivity contribution < 1.29 is 38.3 Å². The number of rotatable bonds is 0. The molecule has 0 rings (SSSR count). The fourth-order valence-electron chi connectivity index (χ4n) is 0. The van der Waals surface area contributed by atoms with E-state index in [0.29, 0.717) is 0 Å². The second kappa shape index (κ2) is 31.6. The summed E-state index contributed by atoms with van der Waals surface area (Å²) in [5, 5.41) is 0. The summed E-state index contributed by atoms with van der Waals surface area (Å²) < 4.78 is 0. The Kier molecular flexibility index (Phi) is 541. The van der Waals surface area contributed by atoms with Crippen LogP contribution in [0.4, 0.5) is 0 Å². The van der Waals surface area contributed by atoms with Gasteiger partial charge in [0.1, 0.15) is 0 Å². The number of halogens is 1. The van der Waals surface area contributed by atoms with Crippen LogP contribution in [0.3, 0.4) is 0 Å². The first-order valence-corrected chi connectivity index (χ1v) is 0. The van der Waals surface area contributed by atoms with Gasteiger partial charge in [0.25, 0.3) is 0 Å². The van der Waals surface area contributed by atoms with E-state index in [-0.39, 0.29) is 50.7 Å². The van der Waals surface area contributed by atoms with Crippen molar-refractivity contribution in [3.8, 4) is 0 Å². The third-order valence-corrected chi connectivity index (χ3v) is 0. The van der Waals surface area contributed by atoms with Gasteiger partial charge in [-0.3, -0.25) is 0 Å². The summed E-state index contributed by atoms with van der Waals surface area (Å²) in [5.74, 6) is 0. The van der Waals surface area contributed by atoms with Crippen LogP contribution in [0.15, 0.2) is 0 Å². The Labute approximate surface area is 50.8 Å². The van der Waals surface area contributed by atoms with E-state index >= 15 is 0 Å². The van der Waals surface area contributed by atoms with Crippen molar-refractivity contribution in [2.24, 2.45) is 0 Å². The molecule has 0 bridgehead atoms. The Morgan fingerprint density at radius 3 is 0.750 bits per heavy atom. The van der Waals surface area contributed by atoms with E-state index in [2.05, 4.69) is 0 Å². The second-order valence-electron chi connectivity index (χ2n) is 0. The molecule has 0 heterocycles. The van der Waals surface area contributed by atoms with E-state index in [1.54, 1.807) is 0 Å². The predicted molar refractivity (Wildman–Crippen MR) is 14.5 cm³/mol. The average Bonchev–Trinajstić information content (AvgIpc) is 0. The Morgan fingerprint density at radius 1 is 0.750 bits per heavy atom. The SMILES string of the molecule is Cl.O.O.[Cd+2]. The summed E-state index contributed by atoms with van der Waals surface area (Å²) in [6.45, 7) is 0. The van der Waals surface area contributed by atoms with Crippen LogP contribution < -0.4 is 0 Å². The molecule has 0 radical (unpaired) electrons. The minimum Gasteiger partial charge on any atom is -0.412 e. The Morgan fingerprint density at radius 2 is 0.750 bits per heavy atom. The van der Waals surface area contributed by atoms with Crippen molar-refractivity contribution in [2.45, 2.75) is 0 Å². The molecule has 24 valence electrons. The first-order chi connectivity index (χ1) is 0. The second-order valence-corrected chi connectivity index (χ2v) is 0. The summed E-state index contributed by atoms with van der Waals surface area (Å²) in [7, 11) is 0. The maximum Gasteiger partial charge on any atom is 2.00 e. The predicted octanol–water partition coefficient (Wildman–Crippen LogP) is -1.23. The maximum atomic E-state index is 0. The van der Waals surface area contributed by atoms with Crippen LogP contribution in [0.2, 0.25) is 0 Å². The summed E-state index contributed by atoms with van der Waals surface area (Å²) >= 11 is 0. The van der Waals surface area contributed by atoms with Gasteiger partial charge in [-0.2, -0.15) is 0 Å². The largest absolute Gasteiger partial charge is 2.00 e. The van der Waals surface area contributed by atoms with Crippen molar-refractivity contribution in [1.82, 2.24) is 0 Å². The van der Waals surface area contributed by atoms with Crippen molar-refractivity contribution in [1.29, 1.82) is 0 Å². The molecule has 2 nitrogen and oxygen atoms in total. The quantitative estimate of drug-likeness (QED) is 0.424. The molecule has 0 unspecified atom stereocenters. The van der Waals surface area contributed by atoms with E-state index in [9.17, 15) is 0 Å². The van der Waals surface area contributed by atoms with Crippen molar-refractivity contribution in [3.05, 3.63) is 0 Å². The van der Waals surface area contributed by atoms with Crippen molar-refractivity contribution in [2.75, 3.05) is 0 Å². The van der Waals surface area contributed by atoms with E-state index in [0.717, 1.165) is 0 Å². The smallest absolute Gasteiger partial charge is 0.412 e. The van der Waals surface area contributed by atoms with Crippen LogP contribution >= 0.6 is 12.4 Å². The van der Waals surface area contributed by atoms with Crippen LogP contribution in [0.5, 0.6) is 0 Å². The first-order valence-electron chi connectivity index (χ1n) is 0. The number of hydrogen-bond donors (Lipinski definition) is 0. The zero-order chi connectivity index (χ0) is 0. The Balaban J connectivity index is 0. The summed E-state index contributed by atoms with van der Waals surface area (Å²) in [6.07, 6.45) is 0. The van der Waals surface area contributed by atoms with Gasteiger partial charge in [-0.1, -0.05) is 0 Å². The van der Waals surface area contributed by atoms with Crippen LogP contribution in [0, 0.1) is 0 Å². The van der Waals surface area contributed by atoms with Gasteiger partial charge < -0.3 is 11.0 Å². The van der Waals surface area contributed by atoms with Gasteiger partial charge in [0, 0.05) is 0 Å². The monoisotopic (exact) mass is 186 g/mol. The zero-order valence-electron chi connectivity index (χ0n) is 2.12. The standard InChI is InChI=1S/Cd.ClH.2H2O/h;1H;2*1H2/q+2;;;. The van der Waals surface area contributed by atoms with E-state index < -0.39 is 0 Å². The minimum atomic E-state index is 0. The molecule has 0 amide bonds. The third kappa shape index (κ3) is 11.1. The zero-order valence-corrected chi connectivity index (χ0v) is 6.97. The fraction of sp³-hybridized carbons (Fsp3) is 0. The van der Waals surface area contributed by atoms with Gasteiger partial charge in [0.2, 0.25) is 0 Å². The topological polar surface area (TPSA) is 63.0 Å². The molecule has 0 fully saturated rings.